The van der Waals surface area contributed by atoms with Gasteiger partial charge in [0.15, 0.2) is 0 Å². The fourth-order valence-corrected chi connectivity index (χ4v) is 8.23. The first-order valence-corrected chi connectivity index (χ1v) is 13.7. The van der Waals surface area contributed by atoms with E-state index >= 15 is 0 Å². The van der Waals surface area contributed by atoms with Gasteiger partial charge in [0.05, 0.1) is 30.0 Å². The predicted octanol–water partition coefficient (Wildman–Crippen LogP) is 3.78. The number of aliphatic hydroxyl groups excluding tert-OH is 3. The van der Waals surface area contributed by atoms with Crippen molar-refractivity contribution < 1.29 is 20.1 Å². The molecule has 2 aliphatic carbocycles. The molecular weight excluding hydrogens is 452 g/mol. The number of allylic oxidation sites excluding steroid dienone is 2. The van der Waals surface area contributed by atoms with Gasteiger partial charge in [-0.05, 0) is 93.0 Å². The smallest absolute Gasteiger partial charge is 0.0958 e. The summed E-state index contributed by atoms with van der Waals surface area (Å²) in [6.07, 6.45) is 9.51. The first-order valence-electron chi connectivity index (χ1n) is 13.7. The van der Waals surface area contributed by atoms with Crippen LogP contribution in [0.3, 0.4) is 0 Å². The molecule has 1 spiro atoms. The van der Waals surface area contributed by atoms with E-state index in [-0.39, 0.29) is 23.5 Å². The molecule has 3 fully saturated rings. The summed E-state index contributed by atoms with van der Waals surface area (Å²) in [5.41, 5.74) is 2.00. The monoisotopic (exact) mass is 492 g/mol. The molecule has 2 aliphatic heterocycles. The van der Waals surface area contributed by atoms with Crippen LogP contribution in [0.25, 0.3) is 16.3 Å². The Bertz CT molecular complexity index is 1160. The van der Waals surface area contributed by atoms with Gasteiger partial charge in [-0.3, -0.25) is 4.98 Å². The Balaban J connectivity index is 1.38. The normalized spacial score (nSPS) is 42.8. The molecule has 1 saturated carbocycles. The van der Waals surface area contributed by atoms with Crippen molar-refractivity contribution in [2.45, 2.75) is 87.9 Å². The Morgan fingerprint density at radius 3 is 2.67 bits per heavy atom. The van der Waals surface area contributed by atoms with E-state index in [1.807, 2.05) is 31.4 Å². The second-order valence-electron chi connectivity index (χ2n) is 12.3. The quantitative estimate of drug-likeness (QED) is 0.592. The number of ether oxygens (including phenoxy) is 1. The Morgan fingerprint density at radius 2 is 1.86 bits per heavy atom. The van der Waals surface area contributed by atoms with Crippen LogP contribution in [0.15, 0.2) is 42.7 Å². The number of nitrogens with zero attached hydrogens (tertiary/aromatic N) is 2. The second kappa shape index (κ2) is 8.88. The molecule has 2 aromatic rings. The molecule has 194 valence electrons. The van der Waals surface area contributed by atoms with Gasteiger partial charge in [-0.2, -0.15) is 0 Å². The van der Waals surface area contributed by atoms with Gasteiger partial charge in [0.25, 0.3) is 0 Å². The van der Waals surface area contributed by atoms with Crippen LogP contribution in [0.2, 0.25) is 0 Å². The number of aromatic nitrogens is 1. The van der Waals surface area contributed by atoms with Crippen LogP contribution in [-0.4, -0.2) is 75.4 Å². The molecule has 3 heterocycles. The lowest BCUT2D eigenvalue weighted by Crippen LogP contribution is -2.63. The third-order valence-corrected chi connectivity index (χ3v) is 10.2. The number of benzene rings is 1. The maximum absolute atomic E-state index is 11.3. The number of hydrogen-bond acceptors (Lipinski definition) is 6. The van der Waals surface area contributed by atoms with Gasteiger partial charge in [-0.25, -0.2) is 0 Å². The third-order valence-electron chi connectivity index (χ3n) is 10.2. The minimum absolute atomic E-state index is 0.100. The van der Waals surface area contributed by atoms with Crippen LogP contribution < -0.4 is 0 Å². The van der Waals surface area contributed by atoms with E-state index in [2.05, 4.69) is 42.2 Å². The van der Waals surface area contributed by atoms with Crippen molar-refractivity contribution in [3.05, 3.63) is 48.3 Å². The van der Waals surface area contributed by atoms with Crippen molar-refractivity contribution in [3.63, 3.8) is 0 Å². The van der Waals surface area contributed by atoms with Crippen LogP contribution in [0, 0.1) is 17.3 Å². The van der Waals surface area contributed by atoms with Crippen molar-refractivity contribution in [3.8, 4) is 0 Å². The number of aliphatic hydroxyl groups is 3. The molecule has 1 aromatic heterocycles. The highest BCUT2D eigenvalue weighted by Crippen LogP contribution is 2.59. The first kappa shape index (κ1) is 24.5. The summed E-state index contributed by atoms with van der Waals surface area (Å²) in [5, 5.41) is 35.8. The van der Waals surface area contributed by atoms with E-state index in [4.69, 9.17) is 4.74 Å². The zero-order valence-electron chi connectivity index (χ0n) is 21.7. The summed E-state index contributed by atoms with van der Waals surface area (Å²) in [6, 6.07) is 8.41. The van der Waals surface area contributed by atoms with Crippen molar-refractivity contribution in [2.24, 2.45) is 17.3 Å². The predicted molar refractivity (Wildman–Crippen MR) is 140 cm³/mol. The van der Waals surface area contributed by atoms with E-state index in [9.17, 15) is 15.3 Å². The van der Waals surface area contributed by atoms with Crippen molar-refractivity contribution in [2.75, 3.05) is 14.1 Å². The largest absolute Gasteiger partial charge is 0.393 e. The number of likely N-dealkylation sites (N-methyl/N-ethyl adjacent to an activating group) is 1. The lowest BCUT2D eigenvalue weighted by molar-refractivity contribution is -0.208. The molecule has 2 bridgehead atoms. The topological polar surface area (TPSA) is 86.1 Å². The Kier molecular flexibility index (Phi) is 6.05. The number of pyridine rings is 1. The van der Waals surface area contributed by atoms with Crippen LogP contribution in [0.1, 0.15) is 57.4 Å². The first-order chi connectivity index (χ1) is 17.2. The highest BCUT2D eigenvalue weighted by Gasteiger charge is 2.60. The van der Waals surface area contributed by atoms with Crippen molar-refractivity contribution in [1.82, 2.24) is 9.88 Å². The molecule has 0 amide bonds. The summed E-state index contributed by atoms with van der Waals surface area (Å²) in [7, 11) is 3.92. The van der Waals surface area contributed by atoms with Crippen LogP contribution >= 0.6 is 0 Å². The van der Waals surface area contributed by atoms with Crippen LogP contribution in [0.4, 0.5) is 0 Å². The van der Waals surface area contributed by atoms with Gasteiger partial charge in [0.1, 0.15) is 0 Å². The Labute approximate surface area is 214 Å². The lowest BCUT2D eigenvalue weighted by atomic mass is 9.65. The Morgan fingerprint density at radius 1 is 1.03 bits per heavy atom. The minimum Gasteiger partial charge on any atom is -0.393 e. The molecule has 6 rings (SSSR count). The number of fused-ring (bicyclic) bond motifs is 4. The lowest BCUT2D eigenvalue weighted by Gasteiger charge is -2.52. The van der Waals surface area contributed by atoms with Gasteiger partial charge in [0, 0.05) is 29.7 Å². The zero-order valence-corrected chi connectivity index (χ0v) is 21.7. The van der Waals surface area contributed by atoms with Gasteiger partial charge in [-0.1, -0.05) is 31.2 Å². The summed E-state index contributed by atoms with van der Waals surface area (Å²) in [5.74, 6) is 0.0594. The molecule has 2 saturated heterocycles. The SMILES string of the molecule is CN(C)C1CC23CCC(O2)C2CC=C(c4cccc5cnccc45)C2(C)CCC(O)CC3C(O)C1O. The number of rotatable bonds is 2. The molecule has 4 aliphatic rings. The summed E-state index contributed by atoms with van der Waals surface area (Å²) < 4.78 is 7.08. The molecule has 0 radical (unpaired) electrons. The van der Waals surface area contributed by atoms with Gasteiger partial charge in [0.2, 0.25) is 0 Å². The highest BCUT2D eigenvalue weighted by molar-refractivity contribution is 5.95. The fourth-order valence-electron chi connectivity index (χ4n) is 8.23. The second-order valence-corrected chi connectivity index (χ2v) is 12.3. The van der Waals surface area contributed by atoms with E-state index in [0.29, 0.717) is 25.2 Å². The molecule has 1 aromatic carbocycles. The summed E-state index contributed by atoms with van der Waals surface area (Å²) in [6.45, 7) is 2.37. The van der Waals surface area contributed by atoms with Crippen molar-refractivity contribution in [1.29, 1.82) is 0 Å². The maximum Gasteiger partial charge on any atom is 0.0958 e. The van der Waals surface area contributed by atoms with Crippen LogP contribution in [0.5, 0.6) is 0 Å². The minimum atomic E-state index is -0.896. The molecule has 9 atom stereocenters. The number of hydrogen-bond donors (Lipinski definition) is 3. The third kappa shape index (κ3) is 3.68. The molecule has 9 unspecified atom stereocenters. The fraction of sp³-hybridized carbons (Fsp3) is 0.633. The van der Waals surface area contributed by atoms with Gasteiger partial charge < -0.3 is 25.0 Å². The summed E-state index contributed by atoms with van der Waals surface area (Å²) in [4.78, 5) is 6.34. The Hall–Kier alpha value is -1.83. The standard InChI is InChI=1S/C30H40N2O4/c1-29-12-9-19(33)15-24-27(34)28(35)25(32(2)3)16-30(24)13-10-26(36-30)23(29)8-7-22(29)21-6-4-5-18-17-31-14-11-20(18)21/h4-7,11,14,17,19,23-28,33-35H,8-10,12-13,15-16H2,1-3H3. The average Bonchev–Trinajstić information content (AvgIpc) is 3.43. The highest BCUT2D eigenvalue weighted by atomic mass is 16.5. The zero-order chi connectivity index (χ0) is 25.2. The average molecular weight is 493 g/mol. The molecular formula is C30H40N2O4. The van der Waals surface area contributed by atoms with E-state index < -0.39 is 23.9 Å². The molecule has 36 heavy (non-hydrogen) atoms. The van der Waals surface area contributed by atoms with Crippen LogP contribution in [-0.2, 0) is 4.74 Å². The maximum atomic E-state index is 11.3. The molecule has 6 nitrogen and oxygen atoms in total. The molecule has 3 N–H and O–H groups in total. The molecule has 6 heteroatoms. The van der Waals surface area contributed by atoms with E-state index in [1.54, 1.807) is 0 Å². The van der Waals surface area contributed by atoms with Crippen molar-refractivity contribution >= 4 is 16.3 Å². The van der Waals surface area contributed by atoms with Gasteiger partial charge >= 0.3 is 0 Å². The summed E-state index contributed by atoms with van der Waals surface area (Å²) >= 11 is 0. The van der Waals surface area contributed by atoms with Gasteiger partial charge in [-0.15, -0.1) is 0 Å². The van der Waals surface area contributed by atoms with E-state index in [1.165, 1.54) is 16.5 Å². The van der Waals surface area contributed by atoms with E-state index in [0.717, 1.165) is 31.1 Å².